The number of hydrogen-bond acceptors (Lipinski definition) is 4. The Bertz CT molecular complexity index is 470. The van der Waals surface area contributed by atoms with Crippen molar-refractivity contribution in [3.63, 3.8) is 0 Å². The number of rotatable bonds is 2. The minimum Gasteiger partial charge on any atom is -0.260 e. The molecule has 0 radical (unpaired) electrons. The molecule has 0 atom stereocenters. The van der Waals surface area contributed by atoms with Gasteiger partial charge >= 0.3 is 19.5 Å². The smallest absolute Gasteiger partial charge is 0.260 e. The second-order valence-electron chi connectivity index (χ2n) is 3.01. The zero-order valence-electron chi connectivity index (χ0n) is 9.85. The fourth-order valence-corrected chi connectivity index (χ4v) is 0.995. The van der Waals surface area contributed by atoms with Crippen molar-refractivity contribution >= 4 is 11.4 Å². The predicted octanol–water partition coefficient (Wildman–Crippen LogP) is 2.79. The fourth-order valence-electron chi connectivity index (χ4n) is 0.995. The number of nitro groups is 2. The van der Waals surface area contributed by atoms with Crippen molar-refractivity contribution in [3.8, 4) is 0 Å². The van der Waals surface area contributed by atoms with Gasteiger partial charge in [-0.3, -0.25) is 20.2 Å². The van der Waals surface area contributed by atoms with E-state index in [9.17, 15) is 20.2 Å². The summed E-state index contributed by atoms with van der Waals surface area (Å²) in [5.74, 6) is 0. The van der Waals surface area contributed by atoms with Crippen LogP contribution in [0.1, 0.15) is 0 Å². The summed E-state index contributed by atoms with van der Waals surface area (Å²) in [6.07, 6.45) is 0. The summed E-state index contributed by atoms with van der Waals surface area (Å²) in [6.45, 7) is 0. The van der Waals surface area contributed by atoms with Gasteiger partial charge in [-0.05, 0) is 0 Å². The summed E-state index contributed by atoms with van der Waals surface area (Å²) in [5.41, 5.74) is 0.0231. The van der Waals surface area contributed by atoms with Gasteiger partial charge in [-0.2, -0.15) is 36.4 Å². The summed E-state index contributed by atoms with van der Waals surface area (Å²) in [6, 6.07) is 17.4. The third-order valence-electron chi connectivity index (χ3n) is 1.78. The van der Waals surface area contributed by atoms with Crippen molar-refractivity contribution in [2.45, 2.75) is 0 Å². The molecule has 0 fully saturated rings. The number of para-hydroxylation sites is 2. The Morgan fingerprint density at radius 2 is 1.16 bits per heavy atom. The maximum absolute atomic E-state index is 9.98. The molecule has 92 valence electrons. The molecule has 0 aliphatic carbocycles. The molecule has 7 heteroatoms. The first kappa shape index (κ1) is 16.9. The van der Waals surface area contributed by atoms with E-state index in [4.69, 9.17) is 0 Å². The summed E-state index contributed by atoms with van der Waals surface area (Å²) in [4.78, 5) is 19.0. The molecule has 19 heavy (non-hydrogen) atoms. The third-order valence-corrected chi connectivity index (χ3v) is 1.78. The van der Waals surface area contributed by atoms with Crippen molar-refractivity contribution in [2.75, 3.05) is 0 Å². The van der Waals surface area contributed by atoms with E-state index in [1.54, 1.807) is 24.3 Å². The standard InChI is InChI=1S/2C6H4NO2.Zn/c2*8-7(9)6-4-2-1-3-5-6;/h2*1-4H;/q2*-1;+2. The van der Waals surface area contributed by atoms with Crippen molar-refractivity contribution in [2.24, 2.45) is 0 Å². The molecule has 0 aromatic heterocycles. The van der Waals surface area contributed by atoms with Gasteiger partial charge in [0.2, 0.25) is 0 Å². The Labute approximate surface area is 122 Å². The van der Waals surface area contributed by atoms with E-state index in [1.165, 1.54) is 24.3 Å². The number of non-ortho nitro benzene ring substituents is 2. The SMILES string of the molecule is O=[N+]([O-])c1[c-]cccc1.O=[N+]([O-])c1[c-]cccc1.[Zn+2]. The monoisotopic (exact) mass is 308 g/mol. The van der Waals surface area contributed by atoms with Crippen LogP contribution in [0, 0.1) is 32.4 Å². The maximum Gasteiger partial charge on any atom is 2.00 e. The summed E-state index contributed by atoms with van der Waals surface area (Å²) >= 11 is 0. The van der Waals surface area contributed by atoms with Gasteiger partial charge in [0.05, 0.1) is 0 Å². The zero-order chi connectivity index (χ0) is 13.4. The number of benzene rings is 2. The second-order valence-corrected chi connectivity index (χ2v) is 3.01. The van der Waals surface area contributed by atoms with E-state index in [0.717, 1.165) is 0 Å². The van der Waals surface area contributed by atoms with Crippen molar-refractivity contribution < 1.29 is 29.3 Å². The largest absolute Gasteiger partial charge is 2.00 e. The van der Waals surface area contributed by atoms with Crippen LogP contribution in [-0.2, 0) is 19.5 Å². The molecule has 2 rings (SSSR count). The molecule has 0 N–H and O–H groups in total. The van der Waals surface area contributed by atoms with Gasteiger partial charge in [-0.25, -0.2) is 0 Å². The van der Waals surface area contributed by atoms with Crippen LogP contribution in [0.5, 0.6) is 0 Å². The Morgan fingerprint density at radius 1 is 0.789 bits per heavy atom. The molecule has 0 amide bonds. The molecule has 6 nitrogen and oxygen atoms in total. The van der Waals surface area contributed by atoms with Gasteiger partial charge in [0.1, 0.15) is 0 Å². The van der Waals surface area contributed by atoms with Gasteiger partial charge in [0, 0.05) is 9.85 Å². The zero-order valence-corrected chi connectivity index (χ0v) is 12.8. The maximum atomic E-state index is 9.98. The van der Waals surface area contributed by atoms with Gasteiger partial charge < -0.3 is 0 Å². The topological polar surface area (TPSA) is 86.3 Å². The fraction of sp³-hybridized carbons (Fsp3) is 0. The molecule has 0 saturated carbocycles. The van der Waals surface area contributed by atoms with Crippen LogP contribution in [0.25, 0.3) is 0 Å². The molecule has 0 aliphatic rings. The Kier molecular flexibility index (Phi) is 7.88. The van der Waals surface area contributed by atoms with E-state index in [0.29, 0.717) is 0 Å². The molecule has 2 aromatic rings. The molecule has 0 spiro atoms. The molecule has 0 unspecified atom stereocenters. The van der Waals surface area contributed by atoms with Crippen LogP contribution in [0.3, 0.4) is 0 Å². The predicted molar refractivity (Wildman–Crippen MR) is 63.9 cm³/mol. The first-order valence-corrected chi connectivity index (χ1v) is 4.83. The summed E-state index contributed by atoms with van der Waals surface area (Å²) in [7, 11) is 0. The molecule has 0 saturated heterocycles. The van der Waals surface area contributed by atoms with E-state index < -0.39 is 9.85 Å². The van der Waals surface area contributed by atoms with Gasteiger partial charge in [-0.15, -0.1) is 12.1 Å². The third kappa shape index (κ3) is 6.38. The molecule has 2 aromatic carbocycles. The first-order valence-electron chi connectivity index (χ1n) is 4.83. The van der Waals surface area contributed by atoms with Crippen LogP contribution < -0.4 is 0 Å². The molecular formula is C12H8N2O4Zn. The van der Waals surface area contributed by atoms with Crippen LogP contribution in [0.15, 0.2) is 48.5 Å². The first-order chi connectivity index (χ1) is 8.61. The Morgan fingerprint density at radius 3 is 1.32 bits per heavy atom. The Balaban J connectivity index is 0.000000324. The van der Waals surface area contributed by atoms with E-state index in [1.807, 2.05) is 0 Å². The second kappa shape index (κ2) is 8.88. The van der Waals surface area contributed by atoms with Gasteiger partial charge in [0.25, 0.3) is 0 Å². The number of hydrogen-bond donors (Lipinski definition) is 0. The molecule has 0 heterocycles. The summed E-state index contributed by atoms with van der Waals surface area (Å²) in [5, 5.41) is 20.0. The molecule has 0 aliphatic heterocycles. The number of nitro benzene ring substituents is 2. The quantitative estimate of drug-likeness (QED) is 0.369. The van der Waals surface area contributed by atoms with Crippen LogP contribution >= 0.6 is 0 Å². The van der Waals surface area contributed by atoms with Crippen molar-refractivity contribution in [1.29, 1.82) is 0 Å². The Hall–Kier alpha value is -2.14. The van der Waals surface area contributed by atoms with Gasteiger partial charge in [0.15, 0.2) is 11.4 Å². The minimum atomic E-state index is -0.472. The molecule has 0 bridgehead atoms. The van der Waals surface area contributed by atoms with Crippen LogP contribution in [-0.4, -0.2) is 9.85 Å². The molecular weight excluding hydrogens is 302 g/mol. The number of nitrogens with zero attached hydrogens (tertiary/aromatic N) is 2. The van der Waals surface area contributed by atoms with Crippen LogP contribution in [0.4, 0.5) is 11.4 Å². The average molecular weight is 310 g/mol. The normalized spacial score (nSPS) is 8.42. The van der Waals surface area contributed by atoms with E-state index in [2.05, 4.69) is 12.1 Å². The van der Waals surface area contributed by atoms with Crippen molar-refractivity contribution in [3.05, 3.63) is 80.9 Å². The van der Waals surface area contributed by atoms with Crippen LogP contribution in [0.2, 0.25) is 0 Å². The average Bonchev–Trinajstić information content (AvgIpc) is 2.41. The van der Waals surface area contributed by atoms with Crippen molar-refractivity contribution in [1.82, 2.24) is 0 Å². The van der Waals surface area contributed by atoms with E-state index >= 15 is 0 Å². The van der Waals surface area contributed by atoms with E-state index in [-0.39, 0.29) is 30.9 Å². The minimum absolute atomic E-state index is 0. The summed E-state index contributed by atoms with van der Waals surface area (Å²) < 4.78 is 0. The van der Waals surface area contributed by atoms with Gasteiger partial charge in [-0.1, -0.05) is 12.1 Å².